The van der Waals surface area contributed by atoms with Gasteiger partial charge in [-0.25, -0.2) is 0 Å². The third-order valence-electron chi connectivity index (χ3n) is 3.90. The van der Waals surface area contributed by atoms with Gasteiger partial charge in [0.15, 0.2) is 11.5 Å². The van der Waals surface area contributed by atoms with E-state index in [0.717, 1.165) is 5.56 Å². The van der Waals surface area contributed by atoms with Crippen molar-refractivity contribution in [3.05, 3.63) is 23.8 Å². The van der Waals surface area contributed by atoms with Gasteiger partial charge in [0.05, 0.1) is 26.7 Å². The van der Waals surface area contributed by atoms with Crippen LogP contribution in [0.25, 0.3) is 0 Å². The number of hydrogen-bond acceptors (Lipinski definition) is 5. The fourth-order valence-corrected chi connectivity index (χ4v) is 2.72. The summed E-state index contributed by atoms with van der Waals surface area (Å²) < 4.78 is 15.5. The molecule has 1 aromatic carbocycles. The normalized spacial score (nSPS) is 23.9. The molecule has 108 valence electrons. The van der Waals surface area contributed by atoms with Crippen LogP contribution in [-0.2, 0) is 14.9 Å². The first-order chi connectivity index (χ1) is 9.63. The highest BCUT2D eigenvalue weighted by atomic mass is 16.5. The van der Waals surface area contributed by atoms with Crippen molar-refractivity contribution in [3.63, 3.8) is 0 Å². The zero-order chi connectivity index (χ0) is 14.8. The Kier molecular flexibility index (Phi) is 3.97. The number of benzene rings is 1. The Hall–Kier alpha value is -2.04. The van der Waals surface area contributed by atoms with Crippen LogP contribution < -0.4 is 9.47 Å². The van der Waals surface area contributed by atoms with Crippen molar-refractivity contribution < 1.29 is 19.0 Å². The van der Waals surface area contributed by atoms with E-state index < -0.39 is 5.41 Å². The van der Waals surface area contributed by atoms with E-state index in [0.29, 0.717) is 24.5 Å². The van der Waals surface area contributed by atoms with Crippen LogP contribution >= 0.6 is 0 Å². The molecule has 0 spiro atoms. The lowest BCUT2D eigenvalue weighted by molar-refractivity contribution is -0.144. The summed E-state index contributed by atoms with van der Waals surface area (Å²) in [5.74, 6) is 1.13. The molecule has 1 aromatic rings. The summed E-state index contributed by atoms with van der Waals surface area (Å²) in [4.78, 5) is 16.1. The third kappa shape index (κ3) is 2.13. The van der Waals surface area contributed by atoms with Crippen LogP contribution in [0, 0.1) is 5.92 Å². The average Bonchev–Trinajstić information content (AvgIpc) is 3.21. The van der Waals surface area contributed by atoms with Crippen molar-refractivity contribution >= 4 is 12.7 Å². The zero-order valence-corrected chi connectivity index (χ0v) is 12.0. The van der Waals surface area contributed by atoms with Crippen LogP contribution in [0.1, 0.15) is 12.0 Å². The lowest BCUT2D eigenvalue weighted by Gasteiger charge is -2.17. The molecule has 0 heterocycles. The van der Waals surface area contributed by atoms with E-state index >= 15 is 0 Å². The smallest absolute Gasteiger partial charge is 0.316 e. The Balaban J connectivity index is 2.41. The Morgan fingerprint density at radius 1 is 1.35 bits per heavy atom. The summed E-state index contributed by atoms with van der Waals surface area (Å²) in [7, 11) is 4.55. The molecule has 2 unspecified atom stereocenters. The predicted octanol–water partition coefficient (Wildman–Crippen LogP) is 1.84. The molecular weight excluding hydrogens is 258 g/mol. The zero-order valence-electron chi connectivity index (χ0n) is 12.0. The molecule has 5 heteroatoms. The van der Waals surface area contributed by atoms with Gasteiger partial charge in [0, 0.05) is 12.5 Å². The van der Waals surface area contributed by atoms with Crippen LogP contribution in [-0.4, -0.2) is 40.6 Å². The Labute approximate surface area is 118 Å². The molecule has 20 heavy (non-hydrogen) atoms. The average molecular weight is 277 g/mol. The standard InChI is InChI=1S/C15H19NO4/c1-16-9-11-8-15(11,14(17)20-4)10-5-6-12(18-2)13(7-10)19-3/h5-7,11H,1,8-9H2,2-4H3. The van der Waals surface area contributed by atoms with E-state index in [2.05, 4.69) is 11.7 Å². The Morgan fingerprint density at radius 3 is 2.60 bits per heavy atom. The molecule has 5 nitrogen and oxygen atoms in total. The second kappa shape index (κ2) is 5.53. The van der Waals surface area contributed by atoms with Gasteiger partial charge in [0.25, 0.3) is 0 Å². The fourth-order valence-electron chi connectivity index (χ4n) is 2.72. The number of esters is 1. The monoisotopic (exact) mass is 277 g/mol. The van der Waals surface area contributed by atoms with Gasteiger partial charge in [-0.3, -0.25) is 4.79 Å². The number of ether oxygens (including phenoxy) is 3. The van der Waals surface area contributed by atoms with Crippen LogP contribution in [0.4, 0.5) is 0 Å². The highest BCUT2D eigenvalue weighted by molar-refractivity contribution is 5.87. The highest BCUT2D eigenvalue weighted by Gasteiger charge is 2.62. The first-order valence-corrected chi connectivity index (χ1v) is 6.37. The van der Waals surface area contributed by atoms with E-state index in [-0.39, 0.29) is 11.9 Å². The molecule has 1 aliphatic carbocycles. The number of carbonyl (C=O) groups is 1. The first kappa shape index (κ1) is 14.4. The number of carbonyl (C=O) groups excluding carboxylic acids is 1. The molecule has 0 radical (unpaired) electrons. The number of methoxy groups -OCH3 is 3. The van der Waals surface area contributed by atoms with Crippen LogP contribution in [0.3, 0.4) is 0 Å². The topological polar surface area (TPSA) is 57.1 Å². The van der Waals surface area contributed by atoms with Crippen molar-refractivity contribution in [2.45, 2.75) is 11.8 Å². The van der Waals surface area contributed by atoms with Gasteiger partial charge in [0.1, 0.15) is 0 Å². The van der Waals surface area contributed by atoms with E-state index in [1.807, 2.05) is 12.1 Å². The van der Waals surface area contributed by atoms with E-state index in [4.69, 9.17) is 14.2 Å². The largest absolute Gasteiger partial charge is 0.493 e. The molecule has 2 atom stereocenters. The van der Waals surface area contributed by atoms with Gasteiger partial charge in [-0.2, -0.15) is 0 Å². The Morgan fingerprint density at radius 2 is 2.05 bits per heavy atom. The van der Waals surface area contributed by atoms with Crippen molar-refractivity contribution in [3.8, 4) is 11.5 Å². The second-order valence-corrected chi connectivity index (χ2v) is 4.84. The molecule has 1 fully saturated rings. The van der Waals surface area contributed by atoms with E-state index in [9.17, 15) is 4.79 Å². The lowest BCUT2D eigenvalue weighted by Crippen LogP contribution is -2.25. The molecule has 0 aliphatic heterocycles. The molecule has 0 bridgehead atoms. The number of hydrogen-bond donors (Lipinski definition) is 0. The first-order valence-electron chi connectivity index (χ1n) is 6.37. The molecule has 2 rings (SSSR count). The lowest BCUT2D eigenvalue weighted by atomic mass is 9.92. The number of aliphatic imine (C=N–C) groups is 1. The summed E-state index contributed by atoms with van der Waals surface area (Å²) >= 11 is 0. The fraction of sp³-hybridized carbons (Fsp3) is 0.467. The minimum Gasteiger partial charge on any atom is -0.493 e. The van der Waals surface area contributed by atoms with Gasteiger partial charge < -0.3 is 19.2 Å². The van der Waals surface area contributed by atoms with E-state index in [1.54, 1.807) is 20.3 Å². The highest BCUT2D eigenvalue weighted by Crippen LogP contribution is 2.56. The minimum absolute atomic E-state index is 0.130. The maximum atomic E-state index is 12.2. The molecule has 0 N–H and O–H groups in total. The van der Waals surface area contributed by atoms with Gasteiger partial charge in [-0.1, -0.05) is 6.07 Å². The molecular formula is C15H19NO4. The SMILES string of the molecule is C=NCC1CC1(C(=O)OC)c1ccc(OC)c(OC)c1. The summed E-state index contributed by atoms with van der Waals surface area (Å²) in [6, 6.07) is 5.51. The summed E-state index contributed by atoms with van der Waals surface area (Å²) in [6.45, 7) is 4.04. The number of rotatable bonds is 6. The number of nitrogens with zero attached hydrogens (tertiary/aromatic N) is 1. The van der Waals surface area contributed by atoms with Crippen molar-refractivity contribution in [1.29, 1.82) is 0 Å². The van der Waals surface area contributed by atoms with Crippen LogP contribution in [0.2, 0.25) is 0 Å². The van der Waals surface area contributed by atoms with Gasteiger partial charge in [0.2, 0.25) is 0 Å². The van der Waals surface area contributed by atoms with Crippen molar-refractivity contribution in [1.82, 2.24) is 0 Å². The van der Waals surface area contributed by atoms with Crippen LogP contribution in [0.15, 0.2) is 23.2 Å². The van der Waals surface area contributed by atoms with Gasteiger partial charge in [-0.15, -0.1) is 0 Å². The maximum absolute atomic E-state index is 12.2. The van der Waals surface area contributed by atoms with Crippen molar-refractivity contribution in [2.24, 2.45) is 10.9 Å². The molecule has 1 aliphatic rings. The maximum Gasteiger partial charge on any atom is 0.316 e. The predicted molar refractivity (Wildman–Crippen MR) is 75.8 cm³/mol. The second-order valence-electron chi connectivity index (χ2n) is 4.84. The van der Waals surface area contributed by atoms with E-state index in [1.165, 1.54) is 7.11 Å². The molecule has 0 saturated heterocycles. The quantitative estimate of drug-likeness (QED) is 0.588. The van der Waals surface area contributed by atoms with Gasteiger partial charge in [-0.05, 0) is 30.8 Å². The van der Waals surface area contributed by atoms with Crippen molar-refractivity contribution in [2.75, 3.05) is 27.9 Å². The Bertz CT molecular complexity index is 529. The summed E-state index contributed by atoms with van der Waals surface area (Å²) in [5.41, 5.74) is 0.241. The third-order valence-corrected chi connectivity index (χ3v) is 3.90. The molecule has 0 amide bonds. The molecule has 1 saturated carbocycles. The minimum atomic E-state index is -0.629. The van der Waals surface area contributed by atoms with Gasteiger partial charge >= 0.3 is 5.97 Å². The summed E-state index contributed by atoms with van der Waals surface area (Å²) in [5, 5.41) is 0. The van der Waals surface area contributed by atoms with Crippen LogP contribution in [0.5, 0.6) is 11.5 Å². The molecule has 0 aromatic heterocycles. The summed E-state index contributed by atoms with van der Waals surface area (Å²) in [6.07, 6.45) is 0.716.